The van der Waals surface area contributed by atoms with E-state index < -0.39 is 52.2 Å². The third-order valence-corrected chi connectivity index (χ3v) is 4.09. The van der Waals surface area contributed by atoms with Gasteiger partial charge in [-0.15, -0.1) is 0 Å². The maximum Gasteiger partial charge on any atom is 0.429 e. The first kappa shape index (κ1) is 18.7. The van der Waals surface area contributed by atoms with Crippen LogP contribution in [0, 0.1) is 0 Å². The zero-order valence-electron chi connectivity index (χ0n) is 12.1. The molecule has 0 unspecified atom stereocenters. The summed E-state index contributed by atoms with van der Waals surface area (Å²) in [5.41, 5.74) is -0.582. The first-order chi connectivity index (χ1) is 10.7. The Bertz CT molecular complexity index is 682. The van der Waals surface area contributed by atoms with E-state index in [1.165, 1.54) is 0 Å². The van der Waals surface area contributed by atoms with Crippen LogP contribution in [-0.2, 0) is 19.5 Å². The van der Waals surface area contributed by atoms with Gasteiger partial charge in [0.25, 0.3) is 0 Å². The summed E-state index contributed by atoms with van der Waals surface area (Å²) >= 11 is 0. The molecule has 12 heteroatoms. The molecular formula is C11H13F2N3O6S. The molecule has 0 N–H and O–H groups in total. The van der Waals surface area contributed by atoms with E-state index in [0.717, 1.165) is 26.6 Å². The molecule has 1 rings (SSSR count). The lowest BCUT2D eigenvalue weighted by molar-refractivity contribution is 0.0594. The number of esters is 1. The van der Waals surface area contributed by atoms with Crippen molar-refractivity contribution in [2.45, 2.75) is 12.8 Å². The number of sulfonamides is 1. The normalized spacial score (nSPS) is 11.2. The van der Waals surface area contributed by atoms with Crippen molar-refractivity contribution in [2.75, 3.05) is 24.3 Å². The fraction of sp³-hybridized carbons (Fsp3) is 0.455. The van der Waals surface area contributed by atoms with Crippen molar-refractivity contribution in [1.29, 1.82) is 0 Å². The van der Waals surface area contributed by atoms with Crippen molar-refractivity contribution in [3.05, 3.63) is 18.1 Å². The number of alkyl halides is 2. The lowest BCUT2D eigenvalue weighted by Crippen LogP contribution is -2.40. The van der Waals surface area contributed by atoms with E-state index >= 15 is 0 Å². The summed E-state index contributed by atoms with van der Waals surface area (Å²) in [6.45, 7) is 0. The van der Waals surface area contributed by atoms with Crippen LogP contribution in [0.25, 0.3) is 0 Å². The largest absolute Gasteiger partial charge is 0.464 e. The molecule has 1 aromatic rings. The highest BCUT2D eigenvalue weighted by atomic mass is 32.2. The van der Waals surface area contributed by atoms with Crippen LogP contribution in [0.15, 0.2) is 12.4 Å². The molecule has 0 bridgehead atoms. The Kier molecular flexibility index (Phi) is 6.30. The van der Waals surface area contributed by atoms with Gasteiger partial charge >= 0.3 is 12.1 Å². The molecule has 0 spiro atoms. The minimum absolute atomic E-state index is 0.00856. The second-order valence-electron chi connectivity index (χ2n) is 3.95. The van der Waals surface area contributed by atoms with Crippen LogP contribution in [0.5, 0.6) is 0 Å². The Morgan fingerprint density at radius 3 is 2.35 bits per heavy atom. The summed E-state index contributed by atoms with van der Waals surface area (Å²) < 4.78 is 57.6. The molecule has 0 atom stereocenters. The van der Waals surface area contributed by atoms with Crippen molar-refractivity contribution in [3.63, 3.8) is 0 Å². The highest BCUT2D eigenvalue weighted by Gasteiger charge is 2.35. The quantitative estimate of drug-likeness (QED) is 0.690. The lowest BCUT2D eigenvalue weighted by Gasteiger charge is -2.20. The summed E-state index contributed by atoms with van der Waals surface area (Å²) in [4.78, 5) is 30.6. The van der Waals surface area contributed by atoms with Gasteiger partial charge in [-0.1, -0.05) is 0 Å². The van der Waals surface area contributed by atoms with E-state index in [-0.39, 0.29) is 4.31 Å². The van der Waals surface area contributed by atoms with Gasteiger partial charge in [0.15, 0.2) is 11.5 Å². The molecule has 128 valence electrons. The smallest absolute Gasteiger partial charge is 0.429 e. The third-order valence-electron chi connectivity index (χ3n) is 2.46. The molecule has 0 saturated carbocycles. The van der Waals surface area contributed by atoms with Crippen LogP contribution >= 0.6 is 0 Å². The van der Waals surface area contributed by atoms with Crippen LogP contribution in [-0.4, -0.2) is 56.8 Å². The molecule has 9 nitrogen and oxygen atoms in total. The van der Waals surface area contributed by atoms with Crippen LogP contribution in [0.2, 0.25) is 0 Å². The van der Waals surface area contributed by atoms with Gasteiger partial charge < -0.3 is 9.47 Å². The van der Waals surface area contributed by atoms with E-state index in [9.17, 15) is 26.8 Å². The molecule has 0 radical (unpaired) electrons. The van der Waals surface area contributed by atoms with Gasteiger partial charge in [0.1, 0.15) is 0 Å². The molecular weight excluding hydrogens is 340 g/mol. The number of amides is 1. The molecule has 23 heavy (non-hydrogen) atoms. The van der Waals surface area contributed by atoms with Gasteiger partial charge in [-0.3, -0.25) is 0 Å². The standard InChI is InChI=1S/C11H13F2N3O6S/c1-21-10(17)8-9(15-5-4-14-8)16(11(18)22-2)23(19,20)6-3-7(12)13/h4-5,7H,3,6H2,1-2H3. The number of anilines is 1. The van der Waals surface area contributed by atoms with Crippen molar-refractivity contribution in [1.82, 2.24) is 9.97 Å². The van der Waals surface area contributed by atoms with Gasteiger partial charge in [-0.05, 0) is 0 Å². The SMILES string of the molecule is COC(=O)c1nccnc1N(C(=O)OC)S(=O)(=O)CCC(F)F. The number of carbonyl (C=O) groups is 2. The molecule has 1 aromatic heterocycles. The minimum Gasteiger partial charge on any atom is -0.464 e. The van der Waals surface area contributed by atoms with Crippen molar-refractivity contribution >= 4 is 27.9 Å². The number of rotatable bonds is 6. The molecule has 0 aromatic carbocycles. The van der Waals surface area contributed by atoms with Gasteiger partial charge in [0, 0.05) is 18.8 Å². The molecule has 0 aliphatic heterocycles. The van der Waals surface area contributed by atoms with E-state index in [2.05, 4.69) is 19.4 Å². The van der Waals surface area contributed by atoms with E-state index in [1.807, 2.05) is 0 Å². The monoisotopic (exact) mass is 353 g/mol. The lowest BCUT2D eigenvalue weighted by atomic mass is 10.4. The van der Waals surface area contributed by atoms with Crippen LogP contribution in [0.1, 0.15) is 16.9 Å². The summed E-state index contributed by atoms with van der Waals surface area (Å²) in [5, 5.41) is 0. The van der Waals surface area contributed by atoms with Gasteiger partial charge in [0.05, 0.1) is 20.0 Å². The minimum atomic E-state index is -4.58. The van der Waals surface area contributed by atoms with E-state index in [4.69, 9.17) is 0 Å². The first-order valence-corrected chi connectivity index (χ1v) is 7.64. The average Bonchev–Trinajstić information content (AvgIpc) is 2.52. The molecule has 1 amide bonds. The van der Waals surface area contributed by atoms with Gasteiger partial charge in [-0.25, -0.2) is 36.8 Å². The maximum atomic E-state index is 12.3. The third kappa shape index (κ3) is 4.55. The molecule has 0 fully saturated rings. The second kappa shape index (κ2) is 7.76. The Morgan fingerprint density at radius 2 is 1.83 bits per heavy atom. The predicted molar refractivity (Wildman–Crippen MR) is 72.7 cm³/mol. The van der Waals surface area contributed by atoms with Gasteiger partial charge in [-0.2, -0.15) is 4.31 Å². The predicted octanol–water partition coefficient (Wildman–Crippen LogP) is 0.821. The maximum absolute atomic E-state index is 12.3. The Balaban J connectivity index is 3.39. The van der Waals surface area contributed by atoms with Crippen LogP contribution in [0.4, 0.5) is 19.4 Å². The van der Waals surface area contributed by atoms with E-state index in [0.29, 0.717) is 0 Å². The van der Waals surface area contributed by atoms with Crippen molar-refractivity contribution < 1.29 is 36.3 Å². The number of methoxy groups -OCH3 is 2. The number of hydrogen-bond donors (Lipinski definition) is 0. The second-order valence-corrected chi connectivity index (χ2v) is 5.89. The Labute approximate surface area is 130 Å². The summed E-state index contributed by atoms with van der Waals surface area (Å²) in [6, 6.07) is 0. The van der Waals surface area contributed by atoms with Gasteiger partial charge in [0.2, 0.25) is 16.4 Å². The average molecular weight is 353 g/mol. The number of aromatic nitrogens is 2. The van der Waals surface area contributed by atoms with Crippen LogP contribution in [0.3, 0.4) is 0 Å². The summed E-state index contributed by atoms with van der Waals surface area (Å²) in [5.74, 6) is -2.82. The number of halogens is 2. The summed E-state index contributed by atoms with van der Waals surface area (Å²) in [6.07, 6.45) is -3.25. The number of hydrogen-bond acceptors (Lipinski definition) is 8. The van der Waals surface area contributed by atoms with E-state index in [1.54, 1.807) is 0 Å². The zero-order valence-corrected chi connectivity index (χ0v) is 12.9. The molecule has 0 aliphatic carbocycles. The fourth-order valence-corrected chi connectivity index (χ4v) is 2.82. The summed E-state index contributed by atoms with van der Waals surface area (Å²) in [7, 11) is -2.69. The highest BCUT2D eigenvalue weighted by molar-refractivity contribution is 7.93. The Hall–Kier alpha value is -2.37. The first-order valence-electron chi connectivity index (χ1n) is 6.03. The number of carbonyl (C=O) groups excluding carboxylic acids is 2. The van der Waals surface area contributed by atoms with Crippen molar-refractivity contribution in [3.8, 4) is 0 Å². The Morgan fingerprint density at radius 1 is 1.22 bits per heavy atom. The molecule has 1 heterocycles. The zero-order chi connectivity index (χ0) is 17.6. The molecule has 0 saturated heterocycles. The fourth-order valence-electron chi connectivity index (χ4n) is 1.46. The van der Waals surface area contributed by atoms with Crippen LogP contribution < -0.4 is 4.31 Å². The highest BCUT2D eigenvalue weighted by Crippen LogP contribution is 2.22. The van der Waals surface area contributed by atoms with Crippen molar-refractivity contribution in [2.24, 2.45) is 0 Å². The number of nitrogens with zero attached hydrogens (tertiary/aromatic N) is 3. The topological polar surface area (TPSA) is 116 Å². The number of ether oxygens (including phenoxy) is 2. The molecule has 0 aliphatic rings.